The fraction of sp³-hybridized carbons (Fsp3) is 0.538. The lowest BCUT2D eigenvalue weighted by atomic mass is 9.94. The van der Waals surface area contributed by atoms with Gasteiger partial charge in [0.05, 0.1) is 11.4 Å². The fourth-order valence-corrected chi connectivity index (χ4v) is 3.01. The third kappa shape index (κ3) is 4.96. The van der Waals surface area contributed by atoms with Crippen LogP contribution in [0.1, 0.15) is 32.8 Å². The Morgan fingerprint density at radius 3 is 2.39 bits per heavy atom. The molecule has 0 bridgehead atoms. The number of nitrogens with one attached hydrogen (secondary N) is 1. The standard InChI is InChI=1S/C13H22N2O2S/c1-10-9-11(14)5-6-12(10)15-18(16,17)8-7-13(2,3)4/h5-6,9,15H,7-8,14H2,1-4H3. The number of hydrogen-bond acceptors (Lipinski definition) is 3. The molecule has 0 heterocycles. The molecule has 0 saturated heterocycles. The van der Waals surface area contributed by atoms with Gasteiger partial charge < -0.3 is 5.73 Å². The molecule has 4 nitrogen and oxygen atoms in total. The zero-order chi connectivity index (χ0) is 14.0. The lowest BCUT2D eigenvalue weighted by Gasteiger charge is -2.18. The summed E-state index contributed by atoms with van der Waals surface area (Å²) in [6, 6.07) is 5.13. The minimum Gasteiger partial charge on any atom is -0.399 e. The number of nitrogens with two attached hydrogens (primary N) is 1. The van der Waals surface area contributed by atoms with Gasteiger partial charge in [-0.2, -0.15) is 0 Å². The molecule has 102 valence electrons. The zero-order valence-electron chi connectivity index (χ0n) is 11.4. The summed E-state index contributed by atoms with van der Waals surface area (Å²) in [6.45, 7) is 7.91. The first kappa shape index (κ1) is 14.8. The fourth-order valence-electron chi connectivity index (χ4n) is 1.46. The maximum atomic E-state index is 11.9. The van der Waals surface area contributed by atoms with Gasteiger partial charge >= 0.3 is 0 Å². The molecule has 0 atom stereocenters. The summed E-state index contributed by atoms with van der Waals surface area (Å²) < 4.78 is 26.5. The summed E-state index contributed by atoms with van der Waals surface area (Å²) in [6.07, 6.45) is 0.621. The monoisotopic (exact) mass is 270 g/mol. The molecular formula is C13H22N2O2S. The van der Waals surface area contributed by atoms with Crippen LogP contribution in [0.15, 0.2) is 18.2 Å². The van der Waals surface area contributed by atoms with Crippen molar-refractivity contribution >= 4 is 21.4 Å². The van der Waals surface area contributed by atoms with E-state index in [9.17, 15) is 8.42 Å². The minimum absolute atomic E-state index is 0.00487. The molecule has 0 fully saturated rings. The molecular weight excluding hydrogens is 248 g/mol. The summed E-state index contributed by atoms with van der Waals surface area (Å²) >= 11 is 0. The average molecular weight is 270 g/mol. The molecule has 0 aliphatic rings. The van der Waals surface area contributed by atoms with Crippen molar-refractivity contribution < 1.29 is 8.42 Å². The Kier molecular flexibility index (Phi) is 4.27. The Morgan fingerprint density at radius 1 is 1.28 bits per heavy atom. The van der Waals surface area contributed by atoms with Gasteiger partial charge in [0.2, 0.25) is 10.0 Å². The Hall–Kier alpha value is -1.23. The SMILES string of the molecule is Cc1cc(N)ccc1NS(=O)(=O)CCC(C)(C)C. The van der Waals surface area contributed by atoms with Crippen molar-refractivity contribution in [1.82, 2.24) is 0 Å². The number of anilines is 2. The van der Waals surface area contributed by atoms with E-state index in [1.54, 1.807) is 18.2 Å². The second-order valence-electron chi connectivity index (χ2n) is 5.81. The van der Waals surface area contributed by atoms with Gasteiger partial charge in [-0.05, 0) is 42.5 Å². The highest BCUT2D eigenvalue weighted by Gasteiger charge is 2.17. The number of benzene rings is 1. The Balaban J connectivity index is 2.77. The average Bonchev–Trinajstić information content (AvgIpc) is 2.19. The van der Waals surface area contributed by atoms with Gasteiger partial charge in [0.15, 0.2) is 0 Å². The number of nitrogen functional groups attached to an aromatic ring is 1. The smallest absolute Gasteiger partial charge is 0.232 e. The van der Waals surface area contributed by atoms with E-state index in [1.165, 1.54) is 0 Å². The highest BCUT2D eigenvalue weighted by Crippen LogP contribution is 2.22. The van der Waals surface area contributed by atoms with Crippen LogP contribution in [0.4, 0.5) is 11.4 Å². The van der Waals surface area contributed by atoms with Gasteiger partial charge in [0.25, 0.3) is 0 Å². The van der Waals surface area contributed by atoms with E-state index in [4.69, 9.17) is 5.73 Å². The largest absolute Gasteiger partial charge is 0.399 e. The first-order chi connectivity index (χ1) is 8.09. The molecule has 0 aliphatic heterocycles. The Labute approximate surface area is 110 Å². The van der Waals surface area contributed by atoms with Crippen LogP contribution in [0.5, 0.6) is 0 Å². The highest BCUT2D eigenvalue weighted by atomic mass is 32.2. The van der Waals surface area contributed by atoms with Crippen LogP contribution >= 0.6 is 0 Å². The molecule has 1 aromatic rings. The second kappa shape index (κ2) is 5.18. The third-order valence-corrected chi connectivity index (χ3v) is 3.91. The molecule has 1 rings (SSSR count). The quantitative estimate of drug-likeness (QED) is 0.826. The second-order valence-corrected chi connectivity index (χ2v) is 7.65. The van der Waals surface area contributed by atoms with E-state index in [1.807, 2.05) is 27.7 Å². The number of aryl methyl sites for hydroxylation is 1. The van der Waals surface area contributed by atoms with Crippen molar-refractivity contribution in [1.29, 1.82) is 0 Å². The molecule has 1 aromatic carbocycles. The van der Waals surface area contributed by atoms with Crippen LogP contribution in [-0.4, -0.2) is 14.2 Å². The van der Waals surface area contributed by atoms with Crippen molar-refractivity contribution in [2.45, 2.75) is 34.1 Å². The number of sulfonamides is 1. The van der Waals surface area contributed by atoms with Crippen molar-refractivity contribution in [2.24, 2.45) is 5.41 Å². The molecule has 0 amide bonds. The lowest BCUT2D eigenvalue weighted by molar-refractivity contribution is 0.397. The van der Waals surface area contributed by atoms with E-state index in [2.05, 4.69) is 4.72 Å². The van der Waals surface area contributed by atoms with E-state index in [0.717, 1.165) is 5.56 Å². The molecule has 0 aromatic heterocycles. The van der Waals surface area contributed by atoms with Gasteiger partial charge in [0, 0.05) is 5.69 Å². The summed E-state index contributed by atoms with van der Waals surface area (Å²) in [5.74, 6) is 0.125. The van der Waals surface area contributed by atoms with E-state index in [0.29, 0.717) is 17.8 Å². The predicted octanol–water partition coefficient (Wildman–Crippen LogP) is 2.76. The maximum Gasteiger partial charge on any atom is 0.232 e. The Bertz CT molecular complexity index is 516. The van der Waals surface area contributed by atoms with Crippen LogP contribution in [-0.2, 0) is 10.0 Å². The van der Waals surface area contributed by atoms with Crippen LogP contribution in [0.3, 0.4) is 0 Å². The normalized spacial score (nSPS) is 12.4. The van der Waals surface area contributed by atoms with E-state index < -0.39 is 10.0 Å². The minimum atomic E-state index is -3.29. The van der Waals surface area contributed by atoms with Crippen LogP contribution in [0.25, 0.3) is 0 Å². The summed E-state index contributed by atoms with van der Waals surface area (Å²) in [5.41, 5.74) is 7.69. The van der Waals surface area contributed by atoms with E-state index in [-0.39, 0.29) is 11.2 Å². The molecule has 0 radical (unpaired) electrons. The summed E-state index contributed by atoms with van der Waals surface area (Å²) in [7, 11) is -3.29. The topological polar surface area (TPSA) is 72.2 Å². The zero-order valence-corrected chi connectivity index (χ0v) is 12.3. The Morgan fingerprint density at radius 2 is 1.89 bits per heavy atom. The first-order valence-electron chi connectivity index (χ1n) is 5.96. The summed E-state index contributed by atoms with van der Waals surface area (Å²) in [5, 5.41) is 0. The summed E-state index contributed by atoms with van der Waals surface area (Å²) in [4.78, 5) is 0. The van der Waals surface area contributed by atoms with Crippen LogP contribution in [0.2, 0.25) is 0 Å². The predicted molar refractivity (Wildman–Crippen MR) is 77.1 cm³/mol. The van der Waals surface area contributed by atoms with Crippen LogP contribution < -0.4 is 10.5 Å². The molecule has 0 spiro atoms. The molecule has 5 heteroatoms. The highest BCUT2D eigenvalue weighted by molar-refractivity contribution is 7.92. The van der Waals surface area contributed by atoms with Crippen molar-refractivity contribution in [3.63, 3.8) is 0 Å². The molecule has 3 N–H and O–H groups in total. The van der Waals surface area contributed by atoms with Crippen molar-refractivity contribution in [2.75, 3.05) is 16.2 Å². The van der Waals surface area contributed by atoms with Gasteiger partial charge in [-0.15, -0.1) is 0 Å². The third-order valence-electron chi connectivity index (χ3n) is 2.64. The molecule has 18 heavy (non-hydrogen) atoms. The van der Waals surface area contributed by atoms with Gasteiger partial charge in [-0.1, -0.05) is 20.8 Å². The van der Waals surface area contributed by atoms with Crippen molar-refractivity contribution in [3.05, 3.63) is 23.8 Å². The first-order valence-corrected chi connectivity index (χ1v) is 7.61. The van der Waals surface area contributed by atoms with Gasteiger partial charge in [-0.25, -0.2) is 8.42 Å². The molecule has 0 aliphatic carbocycles. The maximum absolute atomic E-state index is 11.9. The number of rotatable bonds is 4. The lowest BCUT2D eigenvalue weighted by Crippen LogP contribution is -2.21. The van der Waals surface area contributed by atoms with E-state index >= 15 is 0 Å². The molecule has 0 saturated carbocycles. The van der Waals surface area contributed by atoms with Crippen LogP contribution in [0, 0.1) is 12.3 Å². The molecule has 0 unspecified atom stereocenters. The number of hydrogen-bond donors (Lipinski definition) is 2. The van der Waals surface area contributed by atoms with Gasteiger partial charge in [-0.3, -0.25) is 4.72 Å². The van der Waals surface area contributed by atoms with Gasteiger partial charge in [0.1, 0.15) is 0 Å². The van der Waals surface area contributed by atoms with Crippen molar-refractivity contribution in [3.8, 4) is 0 Å².